The van der Waals surface area contributed by atoms with Crippen LogP contribution >= 0.6 is 23.5 Å². The minimum absolute atomic E-state index is 0.367. The summed E-state index contributed by atoms with van der Waals surface area (Å²) in [6.07, 6.45) is 38.5. The number of rotatable bonds is 33. The van der Waals surface area contributed by atoms with Crippen LogP contribution in [0.2, 0.25) is 0 Å². The Bertz CT molecular complexity index is 680. The second-order valence-electron chi connectivity index (χ2n) is 13.2. The standard InChI is InChI=1S/C40H74OS2/c1-4-7-10-13-16-18-20-23-26-29-34-42-40(43-35-30-27-24-21-19-17-14-11-8-5-2)38-36-37(32-33-39(38)41)31-28-25-22-15-12-9-6-3/h32-33,36,40-41H,4-31,34-35H2,1-3H3. The lowest BCUT2D eigenvalue weighted by Gasteiger charge is -2.19. The molecule has 0 radical (unpaired) electrons. The SMILES string of the molecule is CCCCCCCCCCCCSC(SCCCCCCCCCCCC)c1cc(CCCCCCCCC)ccc1O. The van der Waals surface area contributed by atoms with E-state index >= 15 is 0 Å². The molecule has 0 bridgehead atoms. The number of thioether (sulfide) groups is 2. The molecule has 0 atom stereocenters. The molecule has 43 heavy (non-hydrogen) atoms. The zero-order chi connectivity index (χ0) is 31.1. The van der Waals surface area contributed by atoms with Crippen LogP contribution in [0.5, 0.6) is 5.75 Å². The molecule has 0 aliphatic heterocycles. The maximum Gasteiger partial charge on any atom is 0.120 e. The summed E-state index contributed by atoms with van der Waals surface area (Å²) >= 11 is 4.20. The van der Waals surface area contributed by atoms with Gasteiger partial charge in [-0.2, -0.15) is 0 Å². The van der Waals surface area contributed by atoms with Crippen molar-refractivity contribution in [1.29, 1.82) is 0 Å². The number of hydrogen-bond acceptors (Lipinski definition) is 3. The molecule has 0 aliphatic carbocycles. The fourth-order valence-electron chi connectivity index (χ4n) is 6.02. The molecule has 1 aromatic carbocycles. The molecule has 0 fully saturated rings. The molecule has 1 aromatic rings. The van der Waals surface area contributed by atoms with Crippen molar-refractivity contribution < 1.29 is 5.11 Å². The van der Waals surface area contributed by atoms with Gasteiger partial charge in [-0.05, 0) is 48.8 Å². The normalized spacial score (nSPS) is 11.6. The van der Waals surface area contributed by atoms with Crippen molar-refractivity contribution in [2.45, 2.75) is 205 Å². The van der Waals surface area contributed by atoms with Crippen LogP contribution in [0.4, 0.5) is 0 Å². The van der Waals surface area contributed by atoms with Crippen molar-refractivity contribution in [2.24, 2.45) is 0 Å². The molecule has 0 amide bonds. The number of aromatic hydroxyl groups is 1. The van der Waals surface area contributed by atoms with Gasteiger partial charge in [0, 0.05) is 5.56 Å². The Morgan fingerprint density at radius 3 is 1.21 bits per heavy atom. The van der Waals surface area contributed by atoms with Gasteiger partial charge >= 0.3 is 0 Å². The monoisotopic (exact) mass is 635 g/mol. The Morgan fingerprint density at radius 2 is 0.814 bits per heavy atom. The molecule has 1 nitrogen and oxygen atoms in total. The van der Waals surface area contributed by atoms with Crippen molar-refractivity contribution in [3.05, 3.63) is 29.3 Å². The third kappa shape index (κ3) is 24.6. The molecule has 3 heteroatoms. The summed E-state index contributed by atoms with van der Waals surface area (Å²) in [5.41, 5.74) is 2.61. The summed E-state index contributed by atoms with van der Waals surface area (Å²) in [6.45, 7) is 6.89. The lowest BCUT2D eigenvalue weighted by molar-refractivity contribution is 0.470. The Balaban J connectivity index is 2.46. The Kier molecular flexibility index (Phi) is 30.0. The van der Waals surface area contributed by atoms with E-state index in [1.165, 1.54) is 196 Å². The van der Waals surface area contributed by atoms with Crippen LogP contribution in [0.15, 0.2) is 18.2 Å². The maximum absolute atomic E-state index is 10.9. The lowest BCUT2D eigenvalue weighted by Crippen LogP contribution is -1.97. The molecule has 1 rings (SSSR count). The Morgan fingerprint density at radius 1 is 0.465 bits per heavy atom. The molecule has 0 aromatic heterocycles. The van der Waals surface area contributed by atoms with E-state index in [9.17, 15) is 5.11 Å². The molecular formula is C40H74OS2. The van der Waals surface area contributed by atoms with Crippen molar-refractivity contribution in [2.75, 3.05) is 11.5 Å². The number of hydrogen-bond donors (Lipinski definition) is 1. The van der Waals surface area contributed by atoms with Crippen LogP contribution in [0.25, 0.3) is 0 Å². The summed E-state index contributed by atoms with van der Waals surface area (Å²) in [5, 5.41) is 10.9. The molecule has 0 heterocycles. The van der Waals surface area contributed by atoms with Crippen molar-refractivity contribution >= 4 is 23.5 Å². The van der Waals surface area contributed by atoms with Crippen molar-refractivity contribution in [1.82, 2.24) is 0 Å². The highest BCUT2D eigenvalue weighted by molar-refractivity contribution is 8.16. The first-order valence-electron chi connectivity index (χ1n) is 19.3. The van der Waals surface area contributed by atoms with Gasteiger partial charge in [0.25, 0.3) is 0 Å². The highest BCUT2D eigenvalue weighted by Crippen LogP contribution is 2.44. The van der Waals surface area contributed by atoms with E-state index in [-0.39, 0.29) is 0 Å². The van der Waals surface area contributed by atoms with Crippen LogP contribution in [0.1, 0.15) is 210 Å². The summed E-state index contributed by atoms with van der Waals surface area (Å²) < 4.78 is 0.367. The van der Waals surface area contributed by atoms with Gasteiger partial charge in [0.05, 0.1) is 4.58 Å². The minimum atomic E-state index is 0.367. The van der Waals surface area contributed by atoms with Gasteiger partial charge in [-0.1, -0.05) is 187 Å². The second-order valence-corrected chi connectivity index (χ2v) is 15.9. The topological polar surface area (TPSA) is 20.2 Å². The first-order chi connectivity index (χ1) is 21.2. The Labute approximate surface area is 279 Å². The van der Waals surface area contributed by atoms with Gasteiger partial charge in [-0.15, -0.1) is 23.5 Å². The molecule has 0 spiro atoms. The fourth-order valence-corrected chi connectivity index (χ4v) is 8.89. The average molecular weight is 635 g/mol. The van der Waals surface area contributed by atoms with Gasteiger partial charge in [-0.3, -0.25) is 0 Å². The van der Waals surface area contributed by atoms with E-state index in [1.807, 2.05) is 6.07 Å². The molecule has 252 valence electrons. The number of aryl methyl sites for hydroxylation is 1. The highest BCUT2D eigenvalue weighted by Gasteiger charge is 2.17. The van der Waals surface area contributed by atoms with Crippen LogP contribution in [0, 0.1) is 0 Å². The van der Waals surface area contributed by atoms with E-state index < -0.39 is 0 Å². The summed E-state index contributed by atoms with van der Waals surface area (Å²) in [6, 6.07) is 6.52. The van der Waals surface area contributed by atoms with Gasteiger partial charge in [0.15, 0.2) is 0 Å². The van der Waals surface area contributed by atoms with E-state index in [4.69, 9.17) is 0 Å². The third-order valence-corrected chi connectivity index (χ3v) is 11.9. The average Bonchev–Trinajstić information content (AvgIpc) is 3.02. The van der Waals surface area contributed by atoms with Crippen LogP contribution in [-0.4, -0.2) is 16.6 Å². The fraction of sp³-hybridized carbons (Fsp3) is 0.850. The predicted octanol–water partition coefficient (Wildman–Crippen LogP) is 15.0. The van der Waals surface area contributed by atoms with E-state index in [0.29, 0.717) is 10.3 Å². The van der Waals surface area contributed by atoms with Gasteiger partial charge in [0.1, 0.15) is 5.75 Å². The predicted molar refractivity (Wildman–Crippen MR) is 201 cm³/mol. The zero-order valence-electron chi connectivity index (χ0n) is 29.3. The van der Waals surface area contributed by atoms with Gasteiger partial charge in [-0.25, -0.2) is 0 Å². The molecular weight excluding hydrogens is 561 g/mol. The summed E-state index contributed by atoms with van der Waals surface area (Å²) in [7, 11) is 0. The Hall–Kier alpha value is -0.280. The quantitative estimate of drug-likeness (QED) is 0.0613. The van der Waals surface area contributed by atoms with Crippen LogP contribution in [0.3, 0.4) is 0 Å². The first kappa shape index (κ1) is 40.7. The number of phenolic OH excluding ortho intramolecular Hbond substituents is 1. The number of unbranched alkanes of at least 4 members (excludes halogenated alkanes) is 24. The molecule has 0 aliphatic rings. The van der Waals surface area contributed by atoms with Crippen LogP contribution in [-0.2, 0) is 6.42 Å². The zero-order valence-corrected chi connectivity index (χ0v) is 30.9. The van der Waals surface area contributed by atoms with Gasteiger partial charge < -0.3 is 5.11 Å². The second kappa shape index (κ2) is 31.7. The maximum atomic E-state index is 10.9. The molecule has 0 saturated heterocycles. The number of benzene rings is 1. The molecule has 0 unspecified atom stereocenters. The lowest BCUT2D eigenvalue weighted by atomic mass is 10.0. The van der Waals surface area contributed by atoms with Crippen molar-refractivity contribution in [3.8, 4) is 5.75 Å². The van der Waals surface area contributed by atoms with E-state index in [2.05, 4.69) is 56.4 Å². The van der Waals surface area contributed by atoms with Gasteiger partial charge in [0.2, 0.25) is 0 Å². The third-order valence-electron chi connectivity index (χ3n) is 8.95. The minimum Gasteiger partial charge on any atom is -0.508 e. The molecule has 1 N–H and O–H groups in total. The van der Waals surface area contributed by atoms with E-state index in [0.717, 1.165) is 6.42 Å². The smallest absolute Gasteiger partial charge is 0.120 e. The number of phenols is 1. The summed E-state index contributed by atoms with van der Waals surface area (Å²) in [5.74, 6) is 2.95. The highest BCUT2D eigenvalue weighted by atomic mass is 32.2. The van der Waals surface area contributed by atoms with Crippen LogP contribution < -0.4 is 0 Å². The van der Waals surface area contributed by atoms with E-state index in [1.54, 1.807) is 0 Å². The first-order valence-corrected chi connectivity index (χ1v) is 21.4. The van der Waals surface area contributed by atoms with Crippen molar-refractivity contribution in [3.63, 3.8) is 0 Å². The molecule has 0 saturated carbocycles. The summed E-state index contributed by atoms with van der Waals surface area (Å²) in [4.78, 5) is 0. The largest absolute Gasteiger partial charge is 0.508 e.